The van der Waals surface area contributed by atoms with Crippen molar-refractivity contribution in [2.75, 3.05) is 0 Å². The van der Waals surface area contributed by atoms with Crippen LogP contribution in [0.2, 0.25) is 10.0 Å². The van der Waals surface area contributed by atoms with Gasteiger partial charge in [0, 0.05) is 21.2 Å². The maximum absolute atomic E-state index is 13.2. The van der Waals surface area contributed by atoms with E-state index < -0.39 is 29.9 Å². The Hall–Kier alpha value is -2.09. The zero-order chi connectivity index (χ0) is 19.1. The molecule has 9 heteroatoms. The number of rotatable bonds is 2. The molecule has 1 atom stereocenters. The van der Waals surface area contributed by atoms with Crippen molar-refractivity contribution in [1.82, 2.24) is 5.01 Å². The maximum Gasteiger partial charge on any atom is 0.431 e. The Morgan fingerprint density at radius 1 is 1.12 bits per heavy atom. The maximum atomic E-state index is 13.2. The lowest BCUT2D eigenvalue weighted by atomic mass is 9.96. The Labute approximate surface area is 156 Å². The van der Waals surface area contributed by atoms with Gasteiger partial charge in [0.15, 0.2) is 5.72 Å². The Balaban J connectivity index is 2.08. The van der Waals surface area contributed by atoms with Crippen LogP contribution in [0.5, 0.6) is 0 Å². The van der Waals surface area contributed by atoms with Crippen LogP contribution in [0.15, 0.2) is 53.6 Å². The fraction of sp³-hybridized carbons (Fsp3) is 0.176. The van der Waals surface area contributed by atoms with Gasteiger partial charge in [0.2, 0.25) is 0 Å². The second-order valence-electron chi connectivity index (χ2n) is 5.67. The van der Waals surface area contributed by atoms with E-state index in [4.69, 9.17) is 23.2 Å². The molecular formula is C17H11Cl2F3N2O2. The number of aliphatic hydroxyl groups is 1. The van der Waals surface area contributed by atoms with Crippen LogP contribution >= 0.6 is 23.2 Å². The third-order valence-electron chi connectivity index (χ3n) is 3.88. The predicted octanol–water partition coefficient (Wildman–Crippen LogP) is 4.60. The Morgan fingerprint density at radius 2 is 1.77 bits per heavy atom. The van der Waals surface area contributed by atoms with E-state index in [1.54, 1.807) is 0 Å². The zero-order valence-electron chi connectivity index (χ0n) is 13.0. The molecule has 0 radical (unpaired) electrons. The number of hydrogen-bond donors (Lipinski definition) is 1. The smallest absolute Gasteiger partial charge is 0.365 e. The number of nitrogens with zero attached hydrogens (tertiary/aromatic N) is 2. The first-order valence-corrected chi connectivity index (χ1v) is 8.10. The molecular weight excluding hydrogens is 392 g/mol. The van der Waals surface area contributed by atoms with E-state index in [2.05, 4.69) is 5.10 Å². The van der Waals surface area contributed by atoms with Crippen LogP contribution in [0, 0.1) is 0 Å². The van der Waals surface area contributed by atoms with Crippen LogP contribution in [0.3, 0.4) is 0 Å². The number of carbonyl (C=O) groups is 1. The molecule has 0 aromatic heterocycles. The molecule has 0 aliphatic carbocycles. The van der Waals surface area contributed by atoms with E-state index >= 15 is 0 Å². The number of amides is 1. The Morgan fingerprint density at radius 3 is 2.35 bits per heavy atom. The standard InChI is InChI=1S/C17H11Cl2F3N2O2/c18-12-6-4-11(5-7-12)16(26)9-14(17(20,21)22)23-24(16)15(25)10-2-1-3-13(19)8-10/h1-8,26H,9H2. The van der Waals surface area contributed by atoms with Gasteiger partial charge >= 0.3 is 6.18 Å². The van der Waals surface area contributed by atoms with E-state index in [-0.39, 0.29) is 16.1 Å². The molecule has 136 valence electrons. The van der Waals surface area contributed by atoms with Crippen LogP contribution in [-0.4, -0.2) is 27.9 Å². The summed E-state index contributed by atoms with van der Waals surface area (Å²) in [6.07, 6.45) is -5.69. The van der Waals surface area contributed by atoms with Crippen molar-refractivity contribution < 1.29 is 23.1 Å². The van der Waals surface area contributed by atoms with Crippen molar-refractivity contribution in [3.8, 4) is 0 Å². The lowest BCUT2D eigenvalue weighted by molar-refractivity contribution is -0.0816. The summed E-state index contributed by atoms with van der Waals surface area (Å²) in [5.41, 5.74) is -3.50. The molecule has 1 aliphatic rings. The molecule has 0 spiro atoms. The third-order valence-corrected chi connectivity index (χ3v) is 4.37. The van der Waals surface area contributed by atoms with E-state index in [1.165, 1.54) is 48.5 Å². The minimum absolute atomic E-state index is 0.00272. The molecule has 1 N–H and O–H groups in total. The van der Waals surface area contributed by atoms with E-state index in [9.17, 15) is 23.1 Å². The van der Waals surface area contributed by atoms with Crippen molar-refractivity contribution >= 4 is 34.8 Å². The van der Waals surface area contributed by atoms with Crippen LogP contribution in [0.25, 0.3) is 0 Å². The molecule has 0 bridgehead atoms. The number of hydrogen-bond acceptors (Lipinski definition) is 3. The topological polar surface area (TPSA) is 52.9 Å². The van der Waals surface area contributed by atoms with Gasteiger partial charge in [-0.3, -0.25) is 4.79 Å². The molecule has 3 rings (SSSR count). The van der Waals surface area contributed by atoms with Crippen LogP contribution in [0.4, 0.5) is 13.2 Å². The van der Waals surface area contributed by atoms with E-state index in [0.29, 0.717) is 10.0 Å². The number of benzene rings is 2. The van der Waals surface area contributed by atoms with Gasteiger partial charge in [-0.1, -0.05) is 41.4 Å². The lowest BCUT2D eigenvalue weighted by Crippen LogP contribution is -2.43. The lowest BCUT2D eigenvalue weighted by Gasteiger charge is -2.31. The first-order chi connectivity index (χ1) is 12.1. The van der Waals surface area contributed by atoms with Gasteiger partial charge in [-0.25, -0.2) is 0 Å². The largest absolute Gasteiger partial charge is 0.431 e. The molecule has 1 amide bonds. The van der Waals surface area contributed by atoms with Crippen molar-refractivity contribution in [3.63, 3.8) is 0 Å². The summed E-state index contributed by atoms with van der Waals surface area (Å²) in [5.74, 6) is -0.913. The average Bonchev–Trinajstić information content (AvgIpc) is 2.94. The molecule has 0 saturated heterocycles. The van der Waals surface area contributed by atoms with Gasteiger partial charge < -0.3 is 5.11 Å². The summed E-state index contributed by atoms with van der Waals surface area (Å²) in [7, 11) is 0. The van der Waals surface area contributed by atoms with Gasteiger partial charge in [0.1, 0.15) is 5.71 Å². The molecule has 1 unspecified atom stereocenters. The molecule has 2 aromatic carbocycles. The molecule has 26 heavy (non-hydrogen) atoms. The molecule has 0 saturated carbocycles. The van der Waals surface area contributed by atoms with Gasteiger partial charge in [-0.15, -0.1) is 0 Å². The van der Waals surface area contributed by atoms with E-state index in [1.807, 2.05) is 0 Å². The highest BCUT2D eigenvalue weighted by molar-refractivity contribution is 6.31. The van der Waals surface area contributed by atoms with E-state index in [0.717, 1.165) is 0 Å². The van der Waals surface area contributed by atoms with Gasteiger partial charge in [0.25, 0.3) is 5.91 Å². The normalized spacial score (nSPS) is 20.2. The fourth-order valence-electron chi connectivity index (χ4n) is 2.60. The first kappa shape index (κ1) is 18.7. The third kappa shape index (κ3) is 3.42. The fourth-order valence-corrected chi connectivity index (χ4v) is 2.92. The van der Waals surface area contributed by atoms with Gasteiger partial charge in [-0.05, 0) is 30.3 Å². The highest BCUT2D eigenvalue weighted by atomic mass is 35.5. The van der Waals surface area contributed by atoms with Crippen LogP contribution in [0.1, 0.15) is 22.3 Å². The molecule has 4 nitrogen and oxygen atoms in total. The summed E-state index contributed by atoms with van der Waals surface area (Å²) in [5, 5.41) is 15.3. The minimum atomic E-state index is -4.79. The Kier molecular flexibility index (Phi) is 4.72. The molecule has 1 heterocycles. The Bertz CT molecular complexity index is 884. The quantitative estimate of drug-likeness (QED) is 0.797. The highest BCUT2D eigenvalue weighted by Crippen LogP contribution is 2.40. The van der Waals surface area contributed by atoms with Gasteiger partial charge in [0.05, 0.1) is 6.42 Å². The van der Waals surface area contributed by atoms with Crippen molar-refractivity contribution in [2.24, 2.45) is 5.10 Å². The monoisotopic (exact) mass is 402 g/mol. The molecule has 2 aromatic rings. The summed E-state index contributed by atoms with van der Waals surface area (Å²) in [4.78, 5) is 12.7. The van der Waals surface area contributed by atoms with Crippen molar-refractivity contribution in [1.29, 1.82) is 0 Å². The molecule has 1 aliphatic heterocycles. The summed E-state index contributed by atoms with van der Waals surface area (Å²) in [6, 6.07) is 11.1. The summed E-state index contributed by atoms with van der Waals surface area (Å²) >= 11 is 11.6. The number of hydrazone groups is 1. The van der Waals surface area contributed by atoms with Crippen LogP contribution in [-0.2, 0) is 5.72 Å². The zero-order valence-corrected chi connectivity index (χ0v) is 14.5. The molecule has 0 fully saturated rings. The SMILES string of the molecule is O=C(c1cccc(Cl)c1)N1N=C(C(F)(F)F)CC1(O)c1ccc(Cl)cc1. The van der Waals surface area contributed by atoms with Crippen molar-refractivity contribution in [3.05, 3.63) is 69.7 Å². The highest BCUT2D eigenvalue weighted by Gasteiger charge is 2.53. The minimum Gasteiger partial charge on any atom is -0.365 e. The number of alkyl halides is 3. The first-order valence-electron chi connectivity index (χ1n) is 7.34. The number of halogens is 5. The summed E-state index contributed by atoms with van der Waals surface area (Å²) < 4.78 is 39.5. The summed E-state index contributed by atoms with van der Waals surface area (Å²) in [6.45, 7) is 0. The van der Waals surface area contributed by atoms with Gasteiger partial charge in [-0.2, -0.15) is 23.3 Å². The second-order valence-corrected chi connectivity index (χ2v) is 6.54. The van der Waals surface area contributed by atoms with Crippen molar-refractivity contribution in [2.45, 2.75) is 18.3 Å². The van der Waals surface area contributed by atoms with Crippen LogP contribution < -0.4 is 0 Å². The second kappa shape index (κ2) is 6.57. The number of carbonyl (C=O) groups excluding carboxylic acids is 1. The predicted molar refractivity (Wildman–Crippen MR) is 91.1 cm³/mol. The average molecular weight is 403 g/mol.